The Hall–Kier alpha value is -2.40. The van der Waals surface area contributed by atoms with Gasteiger partial charge in [0.2, 0.25) is 12.7 Å². The molecule has 0 saturated heterocycles. The number of nitrogens with one attached hydrogen (secondary N) is 2. The van der Waals surface area contributed by atoms with Crippen LogP contribution in [-0.2, 0) is 4.79 Å². The highest BCUT2D eigenvalue weighted by molar-refractivity contribution is 6.31. The van der Waals surface area contributed by atoms with Crippen LogP contribution < -0.4 is 20.1 Å². The summed E-state index contributed by atoms with van der Waals surface area (Å²) in [5.41, 5.74) is 2.46. The van der Waals surface area contributed by atoms with Crippen molar-refractivity contribution < 1.29 is 14.3 Å². The molecule has 2 aromatic rings. The van der Waals surface area contributed by atoms with Crippen LogP contribution in [-0.4, -0.2) is 19.2 Å². The number of benzene rings is 2. The predicted octanol–water partition coefficient (Wildman–Crippen LogP) is 3.43. The molecule has 0 aliphatic carbocycles. The summed E-state index contributed by atoms with van der Waals surface area (Å²) < 4.78 is 10.5. The largest absolute Gasteiger partial charge is 0.454 e. The lowest BCUT2D eigenvalue weighted by molar-refractivity contribution is -0.114. The minimum atomic E-state index is -0.157. The lowest BCUT2D eigenvalue weighted by Crippen LogP contribution is -2.21. The van der Waals surface area contributed by atoms with E-state index in [1.165, 1.54) is 0 Å². The smallest absolute Gasteiger partial charge is 0.243 e. The Morgan fingerprint density at radius 3 is 2.73 bits per heavy atom. The van der Waals surface area contributed by atoms with E-state index in [1.54, 1.807) is 24.3 Å². The van der Waals surface area contributed by atoms with Gasteiger partial charge >= 0.3 is 0 Å². The van der Waals surface area contributed by atoms with Crippen LogP contribution in [0, 0.1) is 6.92 Å². The Labute approximate surface area is 133 Å². The quantitative estimate of drug-likeness (QED) is 0.906. The number of carbonyl (C=O) groups excluding carboxylic acids is 1. The number of aryl methyl sites for hydroxylation is 1. The fourth-order valence-corrected chi connectivity index (χ4v) is 2.25. The van der Waals surface area contributed by atoms with Gasteiger partial charge in [-0.15, -0.1) is 0 Å². The highest BCUT2D eigenvalue weighted by atomic mass is 35.5. The van der Waals surface area contributed by atoms with Crippen molar-refractivity contribution in [2.75, 3.05) is 24.0 Å². The summed E-state index contributed by atoms with van der Waals surface area (Å²) in [4.78, 5) is 12.0. The zero-order valence-electron chi connectivity index (χ0n) is 12.0. The fourth-order valence-electron chi connectivity index (χ4n) is 2.06. The second-order valence-corrected chi connectivity index (χ2v) is 5.34. The number of halogens is 1. The SMILES string of the molecule is Cc1ccc(NCC(=O)Nc2ccc3c(c2)OCO3)cc1Cl. The summed E-state index contributed by atoms with van der Waals surface area (Å²) in [6, 6.07) is 10.9. The third-order valence-electron chi connectivity index (χ3n) is 3.28. The van der Waals surface area contributed by atoms with E-state index in [0.29, 0.717) is 22.2 Å². The second-order valence-electron chi connectivity index (χ2n) is 4.93. The van der Waals surface area contributed by atoms with E-state index >= 15 is 0 Å². The van der Waals surface area contributed by atoms with Gasteiger partial charge in [-0.05, 0) is 36.8 Å². The first kappa shape index (κ1) is 14.5. The van der Waals surface area contributed by atoms with Gasteiger partial charge in [-0.3, -0.25) is 4.79 Å². The Bertz CT molecular complexity index is 719. The average Bonchev–Trinajstić information content (AvgIpc) is 2.96. The lowest BCUT2D eigenvalue weighted by atomic mass is 10.2. The van der Waals surface area contributed by atoms with Crippen molar-refractivity contribution in [3.63, 3.8) is 0 Å². The molecule has 114 valence electrons. The first-order valence-corrected chi connectivity index (χ1v) is 7.19. The van der Waals surface area contributed by atoms with Gasteiger partial charge in [-0.25, -0.2) is 0 Å². The van der Waals surface area contributed by atoms with Crippen LogP contribution in [0.15, 0.2) is 36.4 Å². The molecule has 0 spiro atoms. The van der Waals surface area contributed by atoms with E-state index in [4.69, 9.17) is 21.1 Å². The average molecular weight is 319 g/mol. The number of fused-ring (bicyclic) bond motifs is 1. The molecule has 0 radical (unpaired) electrons. The van der Waals surface area contributed by atoms with Gasteiger partial charge in [0.05, 0.1) is 6.54 Å². The minimum Gasteiger partial charge on any atom is -0.454 e. The molecule has 5 nitrogen and oxygen atoms in total. The number of anilines is 2. The van der Waals surface area contributed by atoms with Crippen molar-refractivity contribution >= 4 is 28.9 Å². The van der Waals surface area contributed by atoms with Crippen molar-refractivity contribution in [2.45, 2.75) is 6.92 Å². The molecule has 22 heavy (non-hydrogen) atoms. The maximum absolute atomic E-state index is 12.0. The van der Waals surface area contributed by atoms with Crippen LogP contribution in [0.2, 0.25) is 5.02 Å². The van der Waals surface area contributed by atoms with Gasteiger partial charge in [-0.1, -0.05) is 17.7 Å². The molecule has 0 unspecified atom stereocenters. The Kier molecular flexibility index (Phi) is 4.06. The predicted molar refractivity (Wildman–Crippen MR) is 85.9 cm³/mol. The third kappa shape index (κ3) is 3.26. The Morgan fingerprint density at radius 2 is 1.91 bits per heavy atom. The minimum absolute atomic E-state index is 0.147. The van der Waals surface area contributed by atoms with Gasteiger partial charge in [0.25, 0.3) is 0 Å². The summed E-state index contributed by atoms with van der Waals surface area (Å²) in [6.45, 7) is 2.29. The van der Waals surface area contributed by atoms with Crippen molar-refractivity contribution in [3.05, 3.63) is 47.0 Å². The second kappa shape index (κ2) is 6.15. The molecule has 1 amide bonds. The maximum Gasteiger partial charge on any atom is 0.243 e. The van der Waals surface area contributed by atoms with Crippen LogP contribution >= 0.6 is 11.6 Å². The molecule has 1 heterocycles. The molecule has 6 heteroatoms. The molecular weight excluding hydrogens is 304 g/mol. The number of ether oxygens (including phenoxy) is 2. The van der Waals surface area contributed by atoms with Crippen LogP contribution in [0.4, 0.5) is 11.4 Å². The van der Waals surface area contributed by atoms with E-state index in [9.17, 15) is 4.79 Å². The van der Waals surface area contributed by atoms with Crippen LogP contribution in [0.5, 0.6) is 11.5 Å². The van der Waals surface area contributed by atoms with Crippen molar-refractivity contribution in [1.82, 2.24) is 0 Å². The summed E-state index contributed by atoms with van der Waals surface area (Å²) in [6.07, 6.45) is 0. The normalized spacial score (nSPS) is 12.1. The van der Waals surface area contributed by atoms with Crippen LogP contribution in [0.25, 0.3) is 0 Å². The van der Waals surface area contributed by atoms with E-state index in [-0.39, 0.29) is 19.2 Å². The van der Waals surface area contributed by atoms with Crippen molar-refractivity contribution in [1.29, 1.82) is 0 Å². The van der Waals surface area contributed by atoms with E-state index < -0.39 is 0 Å². The number of hydrogen-bond acceptors (Lipinski definition) is 4. The first-order valence-electron chi connectivity index (χ1n) is 6.81. The lowest BCUT2D eigenvalue weighted by Gasteiger charge is -2.09. The molecule has 0 saturated carbocycles. The number of amides is 1. The Morgan fingerprint density at radius 1 is 1.14 bits per heavy atom. The van der Waals surface area contributed by atoms with Gasteiger partial charge in [-0.2, -0.15) is 0 Å². The fraction of sp³-hybridized carbons (Fsp3) is 0.188. The van der Waals surface area contributed by atoms with Crippen molar-refractivity contribution in [2.24, 2.45) is 0 Å². The molecule has 0 fully saturated rings. The molecule has 1 aliphatic rings. The standard InChI is InChI=1S/C16H15ClN2O3/c1-10-2-3-11(6-13(10)17)18-8-16(20)19-12-4-5-14-15(7-12)22-9-21-14/h2-7,18H,8-9H2,1H3,(H,19,20). The highest BCUT2D eigenvalue weighted by Gasteiger charge is 2.14. The Balaban J connectivity index is 1.57. The zero-order valence-corrected chi connectivity index (χ0v) is 12.7. The number of rotatable bonds is 4. The molecule has 0 bridgehead atoms. The molecule has 3 rings (SSSR count). The summed E-state index contributed by atoms with van der Waals surface area (Å²) >= 11 is 6.05. The van der Waals surface area contributed by atoms with E-state index in [0.717, 1.165) is 11.3 Å². The van der Waals surface area contributed by atoms with Gasteiger partial charge in [0.15, 0.2) is 11.5 Å². The van der Waals surface area contributed by atoms with Gasteiger partial charge in [0, 0.05) is 22.5 Å². The number of carbonyl (C=O) groups is 1. The summed E-state index contributed by atoms with van der Waals surface area (Å²) in [5.74, 6) is 1.16. The molecular formula is C16H15ClN2O3. The zero-order chi connectivity index (χ0) is 15.5. The van der Waals surface area contributed by atoms with Crippen molar-refractivity contribution in [3.8, 4) is 11.5 Å². The molecule has 2 aromatic carbocycles. The monoisotopic (exact) mass is 318 g/mol. The molecule has 0 aromatic heterocycles. The van der Waals surface area contributed by atoms with E-state index in [1.807, 2.05) is 19.1 Å². The highest BCUT2D eigenvalue weighted by Crippen LogP contribution is 2.34. The third-order valence-corrected chi connectivity index (χ3v) is 3.69. The van der Waals surface area contributed by atoms with Gasteiger partial charge < -0.3 is 20.1 Å². The van der Waals surface area contributed by atoms with Crippen LogP contribution in [0.3, 0.4) is 0 Å². The molecule has 2 N–H and O–H groups in total. The van der Waals surface area contributed by atoms with E-state index in [2.05, 4.69) is 10.6 Å². The summed E-state index contributed by atoms with van der Waals surface area (Å²) in [5, 5.41) is 6.50. The first-order chi connectivity index (χ1) is 10.6. The maximum atomic E-state index is 12.0. The summed E-state index contributed by atoms with van der Waals surface area (Å²) in [7, 11) is 0. The van der Waals surface area contributed by atoms with Gasteiger partial charge in [0.1, 0.15) is 0 Å². The topological polar surface area (TPSA) is 59.6 Å². The number of hydrogen-bond donors (Lipinski definition) is 2. The van der Waals surface area contributed by atoms with Crippen LogP contribution in [0.1, 0.15) is 5.56 Å². The molecule has 1 aliphatic heterocycles. The molecule has 0 atom stereocenters.